The van der Waals surface area contributed by atoms with Gasteiger partial charge in [-0.15, -0.1) is 0 Å². The van der Waals surface area contributed by atoms with Crippen LogP contribution in [0.2, 0.25) is 0 Å². The lowest BCUT2D eigenvalue weighted by molar-refractivity contribution is -0.116. The molecule has 94 valence electrons. The van der Waals surface area contributed by atoms with Gasteiger partial charge in [0.25, 0.3) is 5.91 Å². The average Bonchev–Trinajstić information content (AvgIpc) is 2.83. The Labute approximate surface area is 111 Å². The molecular weight excluding hydrogens is 238 g/mol. The number of nitrogens with zero attached hydrogens (tertiary/aromatic N) is 3. The van der Waals surface area contributed by atoms with Crippen molar-refractivity contribution in [1.82, 2.24) is 4.98 Å². The molecule has 3 rings (SSSR count). The highest BCUT2D eigenvalue weighted by atomic mass is 16.2. The highest BCUT2D eigenvalue weighted by Crippen LogP contribution is 2.22. The summed E-state index contributed by atoms with van der Waals surface area (Å²) in [6, 6.07) is 11.5. The van der Waals surface area contributed by atoms with E-state index in [2.05, 4.69) is 10.1 Å². The van der Waals surface area contributed by atoms with Crippen LogP contribution in [0.4, 0.5) is 5.69 Å². The van der Waals surface area contributed by atoms with Gasteiger partial charge >= 0.3 is 0 Å². The molecule has 0 bridgehead atoms. The van der Waals surface area contributed by atoms with E-state index in [1.54, 1.807) is 12.4 Å². The number of aryl methyl sites for hydroxylation is 1. The fourth-order valence-electron chi connectivity index (χ4n) is 2.01. The Morgan fingerprint density at radius 1 is 1.16 bits per heavy atom. The van der Waals surface area contributed by atoms with E-state index in [0.717, 1.165) is 22.5 Å². The van der Waals surface area contributed by atoms with Gasteiger partial charge in [0.05, 0.1) is 17.8 Å². The first-order chi connectivity index (χ1) is 9.24. The highest BCUT2D eigenvalue weighted by molar-refractivity contribution is 6.19. The van der Waals surface area contributed by atoms with Gasteiger partial charge in [-0.05, 0) is 31.2 Å². The fraction of sp³-hybridized carbons (Fsp3) is 0.133. The lowest BCUT2D eigenvalue weighted by atomic mass is 10.1. The Morgan fingerprint density at radius 2 is 1.95 bits per heavy atom. The molecule has 1 aliphatic rings. The van der Waals surface area contributed by atoms with E-state index in [1.165, 1.54) is 5.01 Å². The third kappa shape index (κ3) is 2.25. The summed E-state index contributed by atoms with van der Waals surface area (Å²) >= 11 is 0. The molecule has 0 unspecified atom stereocenters. The van der Waals surface area contributed by atoms with Gasteiger partial charge in [-0.25, -0.2) is 5.01 Å². The molecule has 4 nitrogen and oxygen atoms in total. The van der Waals surface area contributed by atoms with E-state index in [0.29, 0.717) is 6.42 Å². The van der Waals surface area contributed by atoms with Crippen LogP contribution in [0.5, 0.6) is 0 Å². The lowest BCUT2D eigenvalue weighted by Crippen LogP contribution is -2.19. The number of rotatable bonds is 2. The quantitative estimate of drug-likeness (QED) is 0.823. The van der Waals surface area contributed by atoms with Crippen molar-refractivity contribution in [2.45, 2.75) is 13.3 Å². The predicted octanol–water partition coefficient (Wildman–Crippen LogP) is 2.53. The van der Waals surface area contributed by atoms with Gasteiger partial charge in [-0.3, -0.25) is 9.78 Å². The first-order valence-electron chi connectivity index (χ1n) is 6.11. The second-order valence-electron chi connectivity index (χ2n) is 4.51. The minimum Gasteiger partial charge on any atom is -0.272 e. The van der Waals surface area contributed by atoms with E-state index in [9.17, 15) is 4.79 Å². The number of hydrogen-bond acceptors (Lipinski definition) is 3. The molecule has 1 amide bonds. The van der Waals surface area contributed by atoms with Crippen LogP contribution in [0, 0.1) is 6.92 Å². The summed E-state index contributed by atoms with van der Waals surface area (Å²) in [4.78, 5) is 16.1. The number of anilines is 1. The Balaban J connectivity index is 1.93. The molecule has 0 saturated carbocycles. The SMILES string of the molecule is Cc1ccc(N2N=C(c3cccnc3)CC2=O)cc1. The maximum Gasteiger partial charge on any atom is 0.253 e. The summed E-state index contributed by atoms with van der Waals surface area (Å²) in [5.41, 5.74) is 3.62. The van der Waals surface area contributed by atoms with Crippen molar-refractivity contribution in [3.8, 4) is 0 Å². The second-order valence-corrected chi connectivity index (χ2v) is 4.51. The molecule has 4 heteroatoms. The van der Waals surface area contributed by atoms with Crippen LogP contribution in [0.25, 0.3) is 0 Å². The Hall–Kier alpha value is -2.49. The van der Waals surface area contributed by atoms with Crippen molar-refractivity contribution < 1.29 is 4.79 Å². The van der Waals surface area contributed by atoms with Crippen molar-refractivity contribution in [3.05, 3.63) is 59.9 Å². The number of benzene rings is 1. The highest BCUT2D eigenvalue weighted by Gasteiger charge is 2.25. The van der Waals surface area contributed by atoms with Crippen molar-refractivity contribution in [2.75, 3.05) is 5.01 Å². The van der Waals surface area contributed by atoms with E-state index in [1.807, 2.05) is 43.3 Å². The molecule has 0 saturated heterocycles. The van der Waals surface area contributed by atoms with Crippen LogP contribution in [-0.4, -0.2) is 16.6 Å². The lowest BCUT2D eigenvalue weighted by Gasteiger charge is -2.11. The van der Waals surface area contributed by atoms with Gasteiger partial charge in [0.1, 0.15) is 0 Å². The number of aromatic nitrogens is 1. The van der Waals surface area contributed by atoms with Crippen LogP contribution < -0.4 is 5.01 Å². The third-order valence-electron chi connectivity index (χ3n) is 3.05. The molecule has 1 aliphatic heterocycles. The van der Waals surface area contributed by atoms with E-state index >= 15 is 0 Å². The molecule has 2 heterocycles. The van der Waals surface area contributed by atoms with Crippen molar-refractivity contribution >= 4 is 17.3 Å². The summed E-state index contributed by atoms with van der Waals surface area (Å²) < 4.78 is 0. The van der Waals surface area contributed by atoms with Crippen LogP contribution >= 0.6 is 0 Å². The van der Waals surface area contributed by atoms with E-state index in [4.69, 9.17) is 0 Å². The minimum atomic E-state index is -0.0114. The molecule has 1 aromatic carbocycles. The molecule has 0 aliphatic carbocycles. The number of carbonyl (C=O) groups is 1. The number of hydrogen-bond donors (Lipinski definition) is 0. The smallest absolute Gasteiger partial charge is 0.253 e. The van der Waals surface area contributed by atoms with Crippen molar-refractivity contribution in [2.24, 2.45) is 5.10 Å². The van der Waals surface area contributed by atoms with Crippen molar-refractivity contribution in [1.29, 1.82) is 0 Å². The molecule has 0 spiro atoms. The molecular formula is C15H13N3O. The zero-order chi connectivity index (χ0) is 13.2. The molecule has 0 atom stereocenters. The van der Waals surface area contributed by atoms with Gasteiger partial charge in [0.2, 0.25) is 0 Å². The van der Waals surface area contributed by atoms with Gasteiger partial charge in [-0.1, -0.05) is 17.7 Å². The molecule has 19 heavy (non-hydrogen) atoms. The van der Waals surface area contributed by atoms with Crippen LogP contribution in [0.1, 0.15) is 17.5 Å². The van der Waals surface area contributed by atoms with Crippen LogP contribution in [0.15, 0.2) is 53.9 Å². The summed E-state index contributed by atoms with van der Waals surface area (Å²) in [7, 11) is 0. The molecule has 2 aromatic rings. The Bertz CT molecular complexity index is 632. The Morgan fingerprint density at radius 3 is 2.63 bits per heavy atom. The summed E-state index contributed by atoms with van der Waals surface area (Å²) in [5, 5.41) is 5.86. The number of hydrazone groups is 1. The normalized spacial score (nSPS) is 14.7. The largest absolute Gasteiger partial charge is 0.272 e. The number of carbonyl (C=O) groups excluding carboxylic acids is 1. The van der Waals surface area contributed by atoms with Crippen LogP contribution in [0.3, 0.4) is 0 Å². The Kier molecular flexibility index (Phi) is 2.83. The van der Waals surface area contributed by atoms with Crippen molar-refractivity contribution in [3.63, 3.8) is 0 Å². The maximum atomic E-state index is 12.0. The number of pyridine rings is 1. The number of amides is 1. The van der Waals surface area contributed by atoms with Gasteiger partial charge < -0.3 is 0 Å². The summed E-state index contributed by atoms with van der Waals surface area (Å²) in [6.45, 7) is 2.01. The minimum absolute atomic E-state index is 0.0114. The van der Waals surface area contributed by atoms with Gasteiger partial charge in [-0.2, -0.15) is 5.10 Å². The molecule has 0 N–H and O–H groups in total. The second kappa shape index (κ2) is 4.65. The molecule has 0 fully saturated rings. The maximum absolute atomic E-state index is 12.0. The monoisotopic (exact) mass is 251 g/mol. The van der Waals surface area contributed by atoms with Gasteiger partial charge in [0, 0.05) is 18.0 Å². The van der Waals surface area contributed by atoms with E-state index < -0.39 is 0 Å². The molecule has 1 aromatic heterocycles. The van der Waals surface area contributed by atoms with E-state index in [-0.39, 0.29) is 5.91 Å². The topological polar surface area (TPSA) is 45.6 Å². The van der Waals surface area contributed by atoms with Gasteiger partial charge in [0.15, 0.2) is 0 Å². The summed E-state index contributed by atoms with van der Waals surface area (Å²) in [6.07, 6.45) is 3.75. The predicted molar refractivity (Wildman–Crippen MR) is 74.1 cm³/mol. The standard InChI is InChI=1S/C15H13N3O/c1-11-4-6-13(7-5-11)18-15(19)9-14(17-18)12-3-2-8-16-10-12/h2-8,10H,9H2,1H3. The third-order valence-corrected chi connectivity index (χ3v) is 3.05. The zero-order valence-corrected chi connectivity index (χ0v) is 10.6. The average molecular weight is 251 g/mol. The summed E-state index contributed by atoms with van der Waals surface area (Å²) in [5.74, 6) is -0.0114. The first-order valence-corrected chi connectivity index (χ1v) is 6.11. The first kappa shape index (κ1) is 11.6. The van der Waals surface area contributed by atoms with Crippen LogP contribution in [-0.2, 0) is 4.79 Å². The zero-order valence-electron chi connectivity index (χ0n) is 10.6. The fourth-order valence-corrected chi connectivity index (χ4v) is 2.01. The molecule has 0 radical (unpaired) electrons.